The van der Waals surface area contributed by atoms with Crippen LogP contribution in [0.25, 0.3) is 0 Å². The van der Waals surface area contributed by atoms with Crippen LogP contribution < -0.4 is 5.32 Å². The van der Waals surface area contributed by atoms with Gasteiger partial charge in [-0.25, -0.2) is 23.5 Å². The van der Waals surface area contributed by atoms with Gasteiger partial charge < -0.3 is 15.0 Å². The summed E-state index contributed by atoms with van der Waals surface area (Å²) in [6, 6.07) is 8.43. The largest absolute Gasteiger partial charge is 0.445 e. The van der Waals surface area contributed by atoms with Crippen LogP contribution in [-0.2, 0) is 21.5 Å². The van der Waals surface area contributed by atoms with Crippen molar-refractivity contribution in [3.63, 3.8) is 0 Å². The van der Waals surface area contributed by atoms with Gasteiger partial charge in [0.1, 0.15) is 6.61 Å². The van der Waals surface area contributed by atoms with Crippen LogP contribution in [-0.4, -0.2) is 65.7 Å². The standard InChI is InChI=1S/C18H19ClF2N4O2.CH4O3S/c19-15-4-2-13(3-5-15)11-27-17(26)25-9-6-14(18(20,21)12-25)10-24-16-22-7-1-8-23-16;1-5(2,3)4/h1-5,7-8,14H,6,9-12H2,(H,22,23,24);1H3,(H,2,3,4)/t14-;/m1./s1. The van der Waals surface area contributed by atoms with Gasteiger partial charge in [0, 0.05) is 36.4 Å². The molecule has 1 aliphatic heterocycles. The fourth-order valence-electron chi connectivity index (χ4n) is 2.81. The second-order valence-electron chi connectivity index (χ2n) is 7.04. The van der Waals surface area contributed by atoms with Crippen LogP contribution in [0.1, 0.15) is 12.0 Å². The molecule has 13 heteroatoms. The number of carbonyl (C=O) groups excluding carboxylic acids is 1. The molecular weight excluding hydrogens is 470 g/mol. The Kier molecular flexibility index (Phi) is 9.10. The van der Waals surface area contributed by atoms with Gasteiger partial charge in [-0.05, 0) is 30.2 Å². The minimum absolute atomic E-state index is 0.00834. The second kappa shape index (κ2) is 11.3. The highest BCUT2D eigenvalue weighted by atomic mass is 35.5. The third-order valence-electron chi connectivity index (χ3n) is 4.35. The SMILES string of the molecule is CS(=O)(=O)O.O=C(OCc1ccc(Cl)cc1)N1CC[C@H](CNc2ncccn2)C(F)(F)C1. The van der Waals surface area contributed by atoms with Crippen LogP contribution in [0.4, 0.5) is 19.5 Å². The Morgan fingerprint density at radius 2 is 1.91 bits per heavy atom. The zero-order chi connectivity index (χ0) is 23.8. The molecule has 1 aromatic carbocycles. The first-order valence-corrected chi connectivity index (χ1v) is 11.6. The summed E-state index contributed by atoms with van der Waals surface area (Å²) in [7, 11) is -3.67. The Hall–Kier alpha value is -2.57. The van der Waals surface area contributed by atoms with E-state index in [0.717, 1.165) is 10.5 Å². The van der Waals surface area contributed by atoms with Crippen LogP contribution in [0.5, 0.6) is 0 Å². The van der Waals surface area contributed by atoms with Crippen molar-refractivity contribution in [3.8, 4) is 0 Å². The van der Waals surface area contributed by atoms with Crippen molar-refractivity contribution in [1.82, 2.24) is 14.9 Å². The summed E-state index contributed by atoms with van der Waals surface area (Å²) < 4.78 is 59.9. The Balaban J connectivity index is 0.000000654. The topological polar surface area (TPSA) is 122 Å². The number of alkyl halides is 2. The molecule has 0 aliphatic carbocycles. The molecule has 0 unspecified atom stereocenters. The number of carbonyl (C=O) groups is 1. The van der Waals surface area contributed by atoms with Gasteiger partial charge in [0.15, 0.2) is 0 Å². The molecule has 1 aromatic heterocycles. The number of anilines is 1. The maximum absolute atomic E-state index is 14.4. The molecule has 9 nitrogen and oxygen atoms in total. The summed E-state index contributed by atoms with van der Waals surface area (Å²) in [4.78, 5) is 21.1. The highest BCUT2D eigenvalue weighted by Gasteiger charge is 2.46. The van der Waals surface area contributed by atoms with E-state index in [1.807, 2.05) is 0 Å². The Morgan fingerprint density at radius 3 is 2.47 bits per heavy atom. The van der Waals surface area contributed by atoms with Gasteiger partial charge in [-0.15, -0.1) is 0 Å². The second-order valence-corrected chi connectivity index (χ2v) is 8.94. The van der Waals surface area contributed by atoms with Crippen molar-refractivity contribution < 1.29 is 31.3 Å². The van der Waals surface area contributed by atoms with Gasteiger partial charge in [0.05, 0.1) is 12.8 Å². The number of nitrogens with one attached hydrogen (secondary N) is 1. The summed E-state index contributed by atoms with van der Waals surface area (Å²) in [5.74, 6) is -3.64. The summed E-state index contributed by atoms with van der Waals surface area (Å²) in [6.45, 7) is -0.426. The van der Waals surface area contributed by atoms with Gasteiger partial charge in [-0.2, -0.15) is 8.42 Å². The number of hydrogen-bond donors (Lipinski definition) is 2. The van der Waals surface area contributed by atoms with Gasteiger partial charge in [0.2, 0.25) is 5.95 Å². The zero-order valence-electron chi connectivity index (χ0n) is 17.1. The Bertz CT molecular complexity index is 973. The molecule has 3 rings (SSSR count). The summed E-state index contributed by atoms with van der Waals surface area (Å²) in [5, 5.41) is 3.39. The highest BCUT2D eigenvalue weighted by Crippen LogP contribution is 2.33. The molecule has 2 aromatic rings. The fraction of sp³-hybridized carbons (Fsp3) is 0.421. The number of likely N-dealkylation sites (tertiary alicyclic amines) is 1. The maximum Gasteiger partial charge on any atom is 0.410 e. The number of ether oxygens (including phenoxy) is 1. The lowest BCUT2D eigenvalue weighted by molar-refractivity contribution is -0.102. The lowest BCUT2D eigenvalue weighted by Crippen LogP contribution is -2.52. The molecule has 176 valence electrons. The maximum atomic E-state index is 14.4. The summed E-state index contributed by atoms with van der Waals surface area (Å²) in [5.41, 5.74) is 0.737. The molecule has 1 saturated heterocycles. The van der Waals surface area contributed by atoms with E-state index >= 15 is 0 Å². The fourth-order valence-corrected chi connectivity index (χ4v) is 2.94. The molecule has 32 heavy (non-hydrogen) atoms. The third kappa shape index (κ3) is 9.28. The number of amides is 1. The average molecular weight is 493 g/mol. The lowest BCUT2D eigenvalue weighted by Gasteiger charge is -2.37. The summed E-state index contributed by atoms with van der Waals surface area (Å²) in [6.07, 6.45) is 3.19. The molecule has 1 atom stereocenters. The summed E-state index contributed by atoms with van der Waals surface area (Å²) >= 11 is 5.79. The minimum Gasteiger partial charge on any atom is -0.445 e. The number of halogens is 3. The van der Waals surface area contributed by atoms with Crippen LogP contribution in [0.15, 0.2) is 42.7 Å². The first kappa shape index (κ1) is 25.7. The van der Waals surface area contributed by atoms with Gasteiger partial charge in [-0.3, -0.25) is 4.55 Å². The number of piperidine rings is 1. The molecule has 2 N–H and O–H groups in total. The van der Waals surface area contributed by atoms with E-state index in [2.05, 4.69) is 15.3 Å². The van der Waals surface area contributed by atoms with Crippen molar-refractivity contribution in [2.45, 2.75) is 19.0 Å². The number of hydrogen-bond acceptors (Lipinski definition) is 7. The van der Waals surface area contributed by atoms with E-state index in [9.17, 15) is 22.0 Å². The third-order valence-corrected chi connectivity index (χ3v) is 4.60. The molecule has 1 fully saturated rings. The van der Waals surface area contributed by atoms with Gasteiger partial charge in [-0.1, -0.05) is 23.7 Å². The predicted molar refractivity (Wildman–Crippen MR) is 114 cm³/mol. The highest BCUT2D eigenvalue weighted by molar-refractivity contribution is 7.85. The monoisotopic (exact) mass is 492 g/mol. The van der Waals surface area contributed by atoms with E-state index in [-0.39, 0.29) is 26.1 Å². The van der Waals surface area contributed by atoms with Crippen molar-refractivity contribution >= 4 is 33.8 Å². The van der Waals surface area contributed by atoms with Crippen molar-refractivity contribution in [3.05, 3.63) is 53.3 Å². The molecule has 2 heterocycles. The molecular formula is C19H23ClF2N4O5S. The average Bonchev–Trinajstić information content (AvgIpc) is 2.71. The number of nitrogens with zero attached hydrogens (tertiary/aromatic N) is 3. The molecule has 0 bridgehead atoms. The molecule has 0 spiro atoms. The first-order valence-electron chi connectivity index (χ1n) is 9.41. The molecule has 1 amide bonds. The number of rotatable bonds is 5. The van der Waals surface area contributed by atoms with Crippen molar-refractivity contribution in [2.24, 2.45) is 5.92 Å². The van der Waals surface area contributed by atoms with E-state index in [1.165, 1.54) is 12.4 Å². The first-order chi connectivity index (χ1) is 14.9. The smallest absolute Gasteiger partial charge is 0.410 e. The zero-order valence-corrected chi connectivity index (χ0v) is 18.7. The van der Waals surface area contributed by atoms with E-state index in [0.29, 0.717) is 17.2 Å². The number of benzene rings is 1. The Morgan fingerprint density at radius 1 is 1.31 bits per heavy atom. The molecule has 0 radical (unpaired) electrons. The van der Waals surface area contributed by atoms with Crippen LogP contribution in [0.2, 0.25) is 5.02 Å². The number of aromatic nitrogens is 2. The Labute approximate surface area is 189 Å². The molecule has 1 aliphatic rings. The van der Waals surface area contributed by atoms with Crippen LogP contribution in [0.3, 0.4) is 0 Å². The normalized spacial score (nSPS) is 17.7. The van der Waals surface area contributed by atoms with E-state index < -0.39 is 34.6 Å². The van der Waals surface area contributed by atoms with Gasteiger partial charge in [0.25, 0.3) is 16.0 Å². The molecule has 0 saturated carbocycles. The van der Waals surface area contributed by atoms with Crippen LogP contribution in [0, 0.1) is 5.92 Å². The predicted octanol–water partition coefficient (Wildman–Crippen LogP) is 3.34. The van der Waals surface area contributed by atoms with Gasteiger partial charge >= 0.3 is 6.09 Å². The lowest BCUT2D eigenvalue weighted by atomic mass is 9.93. The van der Waals surface area contributed by atoms with Crippen molar-refractivity contribution in [1.29, 1.82) is 0 Å². The van der Waals surface area contributed by atoms with Crippen LogP contribution >= 0.6 is 11.6 Å². The van der Waals surface area contributed by atoms with E-state index in [4.69, 9.17) is 20.9 Å². The quantitative estimate of drug-likeness (QED) is 0.609. The van der Waals surface area contributed by atoms with E-state index in [1.54, 1.807) is 30.3 Å². The van der Waals surface area contributed by atoms with Crippen molar-refractivity contribution in [2.75, 3.05) is 31.2 Å². The minimum atomic E-state index is -3.67.